The third-order valence-electron chi connectivity index (χ3n) is 3.49. The first-order valence-corrected chi connectivity index (χ1v) is 8.76. The van der Waals surface area contributed by atoms with Gasteiger partial charge in [-0.05, 0) is 18.9 Å². The van der Waals surface area contributed by atoms with Crippen LogP contribution in [0.3, 0.4) is 0 Å². The zero-order chi connectivity index (χ0) is 15.5. The average Bonchev–Trinajstić information content (AvgIpc) is 2.39. The summed E-state index contributed by atoms with van der Waals surface area (Å²) in [4.78, 5) is 13.9. The van der Waals surface area contributed by atoms with Crippen molar-refractivity contribution in [2.75, 3.05) is 19.3 Å². The number of nitrogens with zero attached hydrogens (tertiary/aromatic N) is 1. The topological polar surface area (TPSA) is 86.7 Å². The number of phenolic OH excluding ortho intramolecular Hbond substituents is 1. The van der Waals surface area contributed by atoms with Gasteiger partial charge in [-0.1, -0.05) is 18.2 Å². The van der Waals surface area contributed by atoms with E-state index >= 15 is 0 Å². The van der Waals surface area contributed by atoms with E-state index in [1.807, 2.05) is 0 Å². The highest BCUT2D eigenvalue weighted by Crippen LogP contribution is 2.18. The number of nitrogens with one attached hydrogen (secondary N) is 1. The van der Waals surface area contributed by atoms with Crippen molar-refractivity contribution in [3.63, 3.8) is 0 Å². The standard InChI is InChI=1S/C14H20N2O4S/c1-21(19,20)15-12-6-4-8-16(10-12)14(18)9-11-5-2-3-7-13(11)17/h2-3,5,7,12,15,17H,4,6,8-10H2,1H3. The smallest absolute Gasteiger partial charge is 0.227 e. The first-order valence-electron chi connectivity index (χ1n) is 6.87. The highest BCUT2D eigenvalue weighted by Gasteiger charge is 2.25. The highest BCUT2D eigenvalue weighted by atomic mass is 32.2. The van der Waals surface area contributed by atoms with Crippen molar-refractivity contribution in [1.82, 2.24) is 9.62 Å². The predicted molar refractivity (Wildman–Crippen MR) is 79.4 cm³/mol. The molecule has 0 aliphatic carbocycles. The van der Waals surface area contributed by atoms with Gasteiger partial charge >= 0.3 is 0 Å². The van der Waals surface area contributed by atoms with Crippen LogP contribution in [0.4, 0.5) is 0 Å². The Kier molecular flexibility index (Phi) is 4.84. The summed E-state index contributed by atoms with van der Waals surface area (Å²) in [6.45, 7) is 0.994. The molecule has 1 aromatic rings. The van der Waals surface area contributed by atoms with Crippen LogP contribution >= 0.6 is 0 Å². The number of benzene rings is 1. The number of rotatable bonds is 4. The zero-order valence-electron chi connectivity index (χ0n) is 11.9. The molecule has 2 rings (SSSR count). The van der Waals surface area contributed by atoms with Crippen molar-refractivity contribution in [2.45, 2.75) is 25.3 Å². The molecule has 6 nitrogen and oxygen atoms in total. The molecule has 1 heterocycles. The number of amides is 1. The van der Waals surface area contributed by atoms with Gasteiger partial charge in [0.05, 0.1) is 12.7 Å². The molecule has 0 spiro atoms. The molecule has 116 valence electrons. The van der Waals surface area contributed by atoms with Gasteiger partial charge in [-0.2, -0.15) is 0 Å². The van der Waals surface area contributed by atoms with E-state index in [1.165, 1.54) is 0 Å². The molecule has 1 aliphatic rings. The molecule has 21 heavy (non-hydrogen) atoms. The Bertz CT molecular complexity index is 615. The predicted octanol–water partition coefficient (Wildman–Crippen LogP) is 0.475. The van der Waals surface area contributed by atoms with Crippen LogP contribution in [-0.4, -0.2) is 49.7 Å². The number of aromatic hydroxyl groups is 1. The Morgan fingerprint density at radius 3 is 2.81 bits per heavy atom. The molecule has 0 bridgehead atoms. The van der Waals surface area contributed by atoms with Crippen molar-refractivity contribution < 1.29 is 18.3 Å². The summed E-state index contributed by atoms with van der Waals surface area (Å²) >= 11 is 0. The van der Waals surface area contributed by atoms with E-state index in [2.05, 4.69) is 4.72 Å². The lowest BCUT2D eigenvalue weighted by Gasteiger charge is -2.32. The maximum Gasteiger partial charge on any atom is 0.227 e. The Hall–Kier alpha value is -1.60. The molecule has 1 amide bonds. The molecular weight excluding hydrogens is 292 g/mol. The molecule has 7 heteroatoms. The van der Waals surface area contributed by atoms with Crippen molar-refractivity contribution in [1.29, 1.82) is 0 Å². The summed E-state index contributed by atoms with van der Waals surface area (Å²) in [5.41, 5.74) is 0.584. The lowest BCUT2D eigenvalue weighted by atomic mass is 10.0. The van der Waals surface area contributed by atoms with E-state index in [1.54, 1.807) is 29.2 Å². The van der Waals surface area contributed by atoms with Gasteiger partial charge in [-0.15, -0.1) is 0 Å². The number of carbonyl (C=O) groups excluding carboxylic acids is 1. The number of likely N-dealkylation sites (tertiary alicyclic amines) is 1. The molecule has 1 aliphatic heterocycles. The van der Waals surface area contributed by atoms with Crippen LogP contribution < -0.4 is 4.72 Å². The summed E-state index contributed by atoms with van der Waals surface area (Å²) < 4.78 is 25.1. The molecule has 1 aromatic carbocycles. The third kappa shape index (κ3) is 4.71. The lowest BCUT2D eigenvalue weighted by Crippen LogP contribution is -2.49. The van der Waals surface area contributed by atoms with Gasteiger partial charge in [0.25, 0.3) is 0 Å². The molecule has 2 N–H and O–H groups in total. The van der Waals surface area contributed by atoms with Crippen LogP contribution in [0.15, 0.2) is 24.3 Å². The molecule has 1 saturated heterocycles. The quantitative estimate of drug-likeness (QED) is 0.846. The Labute approximate surface area is 124 Å². The van der Waals surface area contributed by atoms with Crippen molar-refractivity contribution in [2.24, 2.45) is 0 Å². The Balaban J connectivity index is 1.98. The van der Waals surface area contributed by atoms with E-state index in [-0.39, 0.29) is 24.1 Å². The fourth-order valence-corrected chi connectivity index (χ4v) is 3.34. The van der Waals surface area contributed by atoms with Gasteiger partial charge < -0.3 is 10.0 Å². The zero-order valence-corrected chi connectivity index (χ0v) is 12.8. The van der Waals surface area contributed by atoms with Crippen LogP contribution in [-0.2, 0) is 21.2 Å². The maximum absolute atomic E-state index is 12.3. The van der Waals surface area contributed by atoms with E-state index in [0.29, 0.717) is 18.7 Å². The number of para-hydroxylation sites is 1. The van der Waals surface area contributed by atoms with E-state index in [9.17, 15) is 18.3 Å². The summed E-state index contributed by atoms with van der Waals surface area (Å²) in [7, 11) is -3.27. The SMILES string of the molecule is CS(=O)(=O)NC1CCCN(C(=O)Cc2ccccc2O)C1. The Morgan fingerprint density at radius 2 is 2.14 bits per heavy atom. The summed E-state index contributed by atoms with van der Waals surface area (Å²) in [6.07, 6.45) is 2.74. The molecule has 0 saturated carbocycles. The van der Waals surface area contributed by atoms with Crippen LogP contribution in [0, 0.1) is 0 Å². The van der Waals surface area contributed by atoms with Crippen molar-refractivity contribution in [3.05, 3.63) is 29.8 Å². The lowest BCUT2D eigenvalue weighted by molar-refractivity contribution is -0.131. The molecule has 0 radical (unpaired) electrons. The first-order chi connectivity index (χ1) is 9.85. The van der Waals surface area contributed by atoms with Crippen LogP contribution in [0.1, 0.15) is 18.4 Å². The van der Waals surface area contributed by atoms with Gasteiger partial charge in [-0.3, -0.25) is 4.79 Å². The van der Waals surface area contributed by atoms with E-state index in [4.69, 9.17) is 0 Å². The fraction of sp³-hybridized carbons (Fsp3) is 0.500. The van der Waals surface area contributed by atoms with Gasteiger partial charge in [0.1, 0.15) is 5.75 Å². The molecule has 0 aromatic heterocycles. The van der Waals surface area contributed by atoms with E-state index in [0.717, 1.165) is 19.1 Å². The number of piperidine rings is 1. The van der Waals surface area contributed by atoms with Crippen molar-refractivity contribution >= 4 is 15.9 Å². The van der Waals surface area contributed by atoms with E-state index < -0.39 is 10.0 Å². The minimum absolute atomic E-state index is 0.100. The number of hydrogen-bond acceptors (Lipinski definition) is 4. The van der Waals surface area contributed by atoms with Crippen LogP contribution in [0.25, 0.3) is 0 Å². The summed E-state index contributed by atoms with van der Waals surface area (Å²) in [6, 6.07) is 6.50. The molecule has 1 atom stereocenters. The number of sulfonamides is 1. The molecule has 1 fully saturated rings. The van der Waals surface area contributed by atoms with Gasteiger partial charge in [0.2, 0.25) is 15.9 Å². The van der Waals surface area contributed by atoms with Gasteiger partial charge in [-0.25, -0.2) is 13.1 Å². The second-order valence-electron chi connectivity index (χ2n) is 5.37. The Morgan fingerprint density at radius 1 is 1.43 bits per heavy atom. The monoisotopic (exact) mass is 312 g/mol. The van der Waals surface area contributed by atoms with Gasteiger partial charge in [0, 0.05) is 24.7 Å². The average molecular weight is 312 g/mol. The minimum atomic E-state index is -3.27. The summed E-state index contributed by atoms with van der Waals surface area (Å²) in [5.74, 6) is 0.00479. The maximum atomic E-state index is 12.3. The molecular formula is C14H20N2O4S. The highest BCUT2D eigenvalue weighted by molar-refractivity contribution is 7.88. The van der Waals surface area contributed by atoms with Crippen molar-refractivity contribution in [3.8, 4) is 5.75 Å². The first kappa shape index (κ1) is 15.8. The minimum Gasteiger partial charge on any atom is -0.508 e. The second kappa shape index (κ2) is 6.44. The normalized spacial score (nSPS) is 19.5. The summed E-state index contributed by atoms with van der Waals surface area (Å²) in [5, 5.41) is 9.70. The largest absolute Gasteiger partial charge is 0.508 e. The third-order valence-corrected chi connectivity index (χ3v) is 4.25. The molecule has 1 unspecified atom stereocenters. The fourth-order valence-electron chi connectivity index (χ4n) is 2.54. The number of phenols is 1. The second-order valence-corrected chi connectivity index (χ2v) is 7.15. The van der Waals surface area contributed by atoms with Crippen LogP contribution in [0.2, 0.25) is 0 Å². The number of hydrogen-bond donors (Lipinski definition) is 2. The van der Waals surface area contributed by atoms with Crippen LogP contribution in [0.5, 0.6) is 5.75 Å². The van der Waals surface area contributed by atoms with Gasteiger partial charge in [0.15, 0.2) is 0 Å². The number of carbonyl (C=O) groups is 1.